The number of aromatic nitrogens is 4. The minimum absolute atomic E-state index is 0.708. The Kier molecular flexibility index (Phi) is 3.06. The average Bonchev–Trinajstić information content (AvgIpc) is 3.01. The maximum Gasteiger partial charge on any atom is 0.116 e. The first-order valence-electron chi connectivity index (χ1n) is 6.33. The summed E-state index contributed by atoms with van der Waals surface area (Å²) in [4.78, 5) is 8.70. The molecule has 0 aromatic carbocycles. The van der Waals surface area contributed by atoms with E-state index in [-0.39, 0.29) is 0 Å². The molecule has 5 nitrogen and oxygen atoms in total. The lowest BCUT2D eigenvalue weighted by molar-refractivity contribution is 0.571. The van der Waals surface area contributed by atoms with E-state index in [1.165, 1.54) is 6.42 Å². The molecule has 1 saturated heterocycles. The van der Waals surface area contributed by atoms with Crippen molar-refractivity contribution in [1.29, 1.82) is 0 Å². The molecule has 1 N–H and O–H groups in total. The number of nitrogens with one attached hydrogen (secondary N) is 1. The van der Waals surface area contributed by atoms with Gasteiger partial charge in [0, 0.05) is 18.9 Å². The molecule has 1 aliphatic heterocycles. The maximum atomic E-state index is 4.37. The van der Waals surface area contributed by atoms with Crippen LogP contribution in [0.5, 0.6) is 0 Å². The molecule has 94 valence electrons. The number of nitrogens with zero attached hydrogens (tertiary/aromatic N) is 4. The van der Waals surface area contributed by atoms with E-state index < -0.39 is 0 Å². The number of hydrogen-bond acceptors (Lipinski definition) is 4. The van der Waals surface area contributed by atoms with Gasteiger partial charge in [-0.15, -0.1) is 0 Å². The third-order valence-electron chi connectivity index (χ3n) is 3.47. The van der Waals surface area contributed by atoms with Crippen LogP contribution in [0.25, 0.3) is 11.4 Å². The molecule has 0 amide bonds. The highest BCUT2D eigenvalue weighted by Crippen LogP contribution is 2.18. The van der Waals surface area contributed by atoms with Crippen LogP contribution in [0, 0.1) is 5.92 Å². The molecule has 0 unspecified atom stereocenters. The molecule has 3 rings (SSSR count). The van der Waals surface area contributed by atoms with Crippen LogP contribution in [-0.2, 0) is 13.5 Å². The summed E-state index contributed by atoms with van der Waals surface area (Å²) in [5.41, 5.74) is 3.10. The average molecular weight is 243 g/mol. The van der Waals surface area contributed by atoms with Crippen LogP contribution in [-0.4, -0.2) is 32.8 Å². The van der Waals surface area contributed by atoms with Crippen molar-refractivity contribution in [2.75, 3.05) is 13.1 Å². The number of aryl methyl sites for hydroxylation is 1. The Morgan fingerprint density at radius 1 is 1.44 bits per heavy atom. The molecular formula is C13H17N5. The van der Waals surface area contributed by atoms with E-state index in [2.05, 4.69) is 26.4 Å². The lowest BCUT2D eigenvalue weighted by Gasteiger charge is -2.08. The van der Waals surface area contributed by atoms with Gasteiger partial charge in [0.25, 0.3) is 0 Å². The Bertz CT molecular complexity index is 528. The Labute approximate surface area is 106 Å². The molecule has 3 heterocycles. The van der Waals surface area contributed by atoms with Crippen molar-refractivity contribution < 1.29 is 0 Å². The summed E-state index contributed by atoms with van der Waals surface area (Å²) in [5.74, 6) is 0.708. The van der Waals surface area contributed by atoms with Gasteiger partial charge in [-0.25, -0.2) is 9.97 Å². The lowest BCUT2D eigenvalue weighted by atomic mass is 10.0. The second-order valence-corrected chi connectivity index (χ2v) is 4.80. The van der Waals surface area contributed by atoms with E-state index in [1.807, 2.05) is 17.8 Å². The fourth-order valence-electron chi connectivity index (χ4n) is 2.46. The molecule has 0 saturated carbocycles. The van der Waals surface area contributed by atoms with Gasteiger partial charge in [-0.3, -0.25) is 4.68 Å². The van der Waals surface area contributed by atoms with Crippen molar-refractivity contribution in [3.8, 4) is 11.4 Å². The van der Waals surface area contributed by atoms with Crippen LogP contribution >= 0.6 is 0 Å². The summed E-state index contributed by atoms with van der Waals surface area (Å²) >= 11 is 0. The summed E-state index contributed by atoms with van der Waals surface area (Å²) < 4.78 is 1.84. The van der Waals surface area contributed by atoms with Crippen LogP contribution in [0.15, 0.2) is 24.7 Å². The fourth-order valence-corrected chi connectivity index (χ4v) is 2.46. The second-order valence-electron chi connectivity index (χ2n) is 4.80. The highest BCUT2D eigenvalue weighted by Gasteiger charge is 2.16. The second kappa shape index (κ2) is 4.86. The smallest absolute Gasteiger partial charge is 0.116 e. The predicted molar refractivity (Wildman–Crippen MR) is 68.9 cm³/mol. The summed E-state index contributed by atoms with van der Waals surface area (Å²) in [6.07, 6.45) is 5.71. The van der Waals surface area contributed by atoms with Gasteiger partial charge >= 0.3 is 0 Å². The molecular weight excluding hydrogens is 226 g/mol. The fraction of sp³-hybridized carbons (Fsp3) is 0.462. The largest absolute Gasteiger partial charge is 0.316 e. The zero-order valence-electron chi connectivity index (χ0n) is 10.5. The molecule has 18 heavy (non-hydrogen) atoms. The summed E-state index contributed by atoms with van der Waals surface area (Å²) in [7, 11) is 1.93. The molecule has 5 heteroatoms. The highest BCUT2D eigenvalue weighted by atomic mass is 15.3. The molecule has 2 aromatic rings. The van der Waals surface area contributed by atoms with Crippen LogP contribution in [0.3, 0.4) is 0 Å². The first kappa shape index (κ1) is 11.3. The lowest BCUT2D eigenvalue weighted by Crippen LogP contribution is -2.11. The molecule has 1 aliphatic rings. The molecule has 2 aromatic heterocycles. The van der Waals surface area contributed by atoms with Gasteiger partial charge < -0.3 is 5.32 Å². The van der Waals surface area contributed by atoms with Crippen LogP contribution in [0.2, 0.25) is 0 Å². The molecule has 0 spiro atoms. The minimum Gasteiger partial charge on any atom is -0.316 e. The Morgan fingerprint density at radius 3 is 3.11 bits per heavy atom. The van der Waals surface area contributed by atoms with E-state index in [0.717, 1.165) is 36.6 Å². The summed E-state index contributed by atoms with van der Waals surface area (Å²) in [5, 5.41) is 7.56. The maximum absolute atomic E-state index is 4.37. The Balaban J connectivity index is 1.82. The van der Waals surface area contributed by atoms with Gasteiger partial charge in [-0.2, -0.15) is 5.10 Å². The Hall–Kier alpha value is -1.75. The van der Waals surface area contributed by atoms with Crippen molar-refractivity contribution in [2.45, 2.75) is 12.8 Å². The van der Waals surface area contributed by atoms with Crippen molar-refractivity contribution in [1.82, 2.24) is 25.1 Å². The van der Waals surface area contributed by atoms with Crippen LogP contribution in [0.1, 0.15) is 12.1 Å². The quantitative estimate of drug-likeness (QED) is 0.874. The van der Waals surface area contributed by atoms with Gasteiger partial charge in [-0.1, -0.05) is 0 Å². The topological polar surface area (TPSA) is 55.6 Å². The van der Waals surface area contributed by atoms with Gasteiger partial charge in [0.05, 0.1) is 11.4 Å². The van der Waals surface area contributed by atoms with E-state index in [1.54, 1.807) is 12.5 Å². The first-order chi connectivity index (χ1) is 8.83. The van der Waals surface area contributed by atoms with E-state index in [0.29, 0.717) is 5.92 Å². The van der Waals surface area contributed by atoms with Gasteiger partial charge in [0.2, 0.25) is 0 Å². The van der Waals surface area contributed by atoms with Crippen molar-refractivity contribution in [3.05, 3.63) is 30.4 Å². The van der Waals surface area contributed by atoms with Gasteiger partial charge in [0.1, 0.15) is 6.33 Å². The number of hydrogen-bond donors (Lipinski definition) is 1. The van der Waals surface area contributed by atoms with Crippen molar-refractivity contribution in [3.63, 3.8) is 0 Å². The molecule has 1 fully saturated rings. The SMILES string of the molecule is Cn1nccc1-c1cc(C[C@@H]2CCNC2)ncn1. The Morgan fingerprint density at radius 2 is 2.39 bits per heavy atom. The van der Waals surface area contributed by atoms with Crippen LogP contribution < -0.4 is 5.32 Å². The zero-order valence-corrected chi connectivity index (χ0v) is 10.5. The summed E-state index contributed by atoms with van der Waals surface area (Å²) in [6, 6.07) is 4.05. The third kappa shape index (κ3) is 2.26. The number of rotatable bonds is 3. The molecule has 1 atom stereocenters. The predicted octanol–water partition coefficient (Wildman–Crippen LogP) is 1.03. The highest BCUT2D eigenvalue weighted by molar-refractivity contribution is 5.53. The zero-order chi connectivity index (χ0) is 12.4. The van der Waals surface area contributed by atoms with Crippen molar-refractivity contribution in [2.24, 2.45) is 13.0 Å². The molecule has 0 aliphatic carbocycles. The molecule has 0 radical (unpaired) electrons. The van der Waals surface area contributed by atoms with E-state index in [4.69, 9.17) is 0 Å². The van der Waals surface area contributed by atoms with E-state index >= 15 is 0 Å². The standard InChI is InChI=1S/C13H17N5/c1-18-13(3-5-17-18)12-7-11(15-9-16-12)6-10-2-4-14-8-10/h3,5,7,9-10,14H,2,4,6,8H2,1H3/t10-/m0/s1. The molecule has 0 bridgehead atoms. The monoisotopic (exact) mass is 243 g/mol. The van der Waals surface area contributed by atoms with E-state index in [9.17, 15) is 0 Å². The van der Waals surface area contributed by atoms with Crippen molar-refractivity contribution >= 4 is 0 Å². The minimum atomic E-state index is 0.708. The normalized spacial score (nSPS) is 19.3. The van der Waals surface area contributed by atoms with Crippen LogP contribution in [0.4, 0.5) is 0 Å². The summed E-state index contributed by atoms with van der Waals surface area (Å²) in [6.45, 7) is 2.23. The van der Waals surface area contributed by atoms with Gasteiger partial charge in [0.15, 0.2) is 0 Å². The third-order valence-corrected chi connectivity index (χ3v) is 3.47. The first-order valence-corrected chi connectivity index (χ1v) is 6.33. The van der Waals surface area contributed by atoms with Gasteiger partial charge in [-0.05, 0) is 44.0 Å².